The summed E-state index contributed by atoms with van der Waals surface area (Å²) < 4.78 is 27.7. The minimum atomic E-state index is -3.45. The van der Waals surface area contributed by atoms with Gasteiger partial charge in [-0.1, -0.05) is 6.07 Å². The topological polar surface area (TPSA) is 70.9 Å². The fraction of sp³-hybridized carbons (Fsp3) is 0.650. The van der Waals surface area contributed by atoms with Crippen LogP contribution in [-0.4, -0.2) is 56.9 Å². The van der Waals surface area contributed by atoms with Crippen LogP contribution in [0.5, 0.6) is 0 Å². The molecule has 1 saturated carbocycles. The van der Waals surface area contributed by atoms with E-state index in [0.29, 0.717) is 37.1 Å². The van der Waals surface area contributed by atoms with E-state index >= 15 is 0 Å². The number of hydrogen-bond donors (Lipinski definition) is 2. The molecule has 1 aromatic carbocycles. The summed E-state index contributed by atoms with van der Waals surface area (Å²) in [5.74, 6) is 0.0958. The number of benzene rings is 1. The zero-order valence-corrected chi connectivity index (χ0v) is 16.9. The van der Waals surface area contributed by atoms with Crippen molar-refractivity contribution in [1.29, 1.82) is 0 Å². The number of rotatable bonds is 5. The normalized spacial score (nSPS) is 22.9. The maximum Gasteiger partial charge on any atom is 0.278 e. The summed E-state index contributed by atoms with van der Waals surface area (Å²) in [6.45, 7) is 4.22. The highest BCUT2D eigenvalue weighted by molar-refractivity contribution is 7.89. The lowest BCUT2D eigenvalue weighted by molar-refractivity contribution is -0.917. The first-order valence-corrected chi connectivity index (χ1v) is 11.7. The zero-order valence-electron chi connectivity index (χ0n) is 16.0. The Morgan fingerprint density at radius 3 is 2.48 bits per heavy atom. The number of nitrogens with one attached hydrogen (secondary N) is 2. The molecule has 1 atom stereocenters. The summed E-state index contributed by atoms with van der Waals surface area (Å²) in [5, 5.41) is 3.06. The lowest BCUT2D eigenvalue weighted by Gasteiger charge is -2.34. The average molecular weight is 393 g/mol. The number of carbonyl (C=O) groups is 1. The molecule has 1 aromatic rings. The summed E-state index contributed by atoms with van der Waals surface area (Å²) in [5.41, 5.74) is 2.49. The Labute approximate surface area is 162 Å². The first-order valence-electron chi connectivity index (χ1n) is 10.2. The zero-order chi connectivity index (χ0) is 19.0. The van der Waals surface area contributed by atoms with Gasteiger partial charge >= 0.3 is 0 Å². The van der Waals surface area contributed by atoms with Crippen molar-refractivity contribution in [1.82, 2.24) is 9.62 Å². The van der Waals surface area contributed by atoms with Gasteiger partial charge in [0, 0.05) is 6.04 Å². The van der Waals surface area contributed by atoms with Crippen LogP contribution < -0.4 is 10.2 Å². The molecule has 1 saturated heterocycles. The molecule has 1 amide bonds. The lowest BCUT2D eigenvalue weighted by atomic mass is 9.92. The minimum Gasteiger partial charge on any atom is -0.348 e. The first-order chi connectivity index (χ1) is 12.9. The third-order valence-electron chi connectivity index (χ3n) is 6.25. The molecule has 2 fully saturated rings. The predicted octanol–water partition coefficient (Wildman–Crippen LogP) is 0.122. The van der Waals surface area contributed by atoms with Crippen LogP contribution in [0.3, 0.4) is 0 Å². The van der Waals surface area contributed by atoms with E-state index in [-0.39, 0.29) is 11.9 Å². The van der Waals surface area contributed by atoms with E-state index in [2.05, 4.69) is 5.32 Å². The van der Waals surface area contributed by atoms with Crippen LogP contribution >= 0.6 is 0 Å². The molecule has 0 radical (unpaired) electrons. The Hall–Kier alpha value is -1.44. The molecule has 0 aromatic heterocycles. The third-order valence-corrected chi connectivity index (χ3v) is 8.15. The number of carbonyl (C=O) groups excluding carboxylic acids is 1. The molecule has 0 spiro atoms. The van der Waals surface area contributed by atoms with E-state index in [1.807, 2.05) is 19.1 Å². The highest BCUT2D eigenvalue weighted by atomic mass is 32.2. The molecule has 0 unspecified atom stereocenters. The number of aryl methyl sites for hydroxylation is 2. The van der Waals surface area contributed by atoms with Gasteiger partial charge in [0.2, 0.25) is 10.0 Å². The van der Waals surface area contributed by atoms with Crippen LogP contribution in [0.4, 0.5) is 0 Å². The Morgan fingerprint density at radius 2 is 1.81 bits per heavy atom. The smallest absolute Gasteiger partial charge is 0.278 e. The Kier molecular flexibility index (Phi) is 5.27. The van der Waals surface area contributed by atoms with Crippen molar-refractivity contribution in [3.63, 3.8) is 0 Å². The number of hydrogen-bond acceptors (Lipinski definition) is 3. The number of sulfonamides is 1. The van der Waals surface area contributed by atoms with Gasteiger partial charge in [-0.2, -0.15) is 4.31 Å². The van der Waals surface area contributed by atoms with Crippen LogP contribution in [0.15, 0.2) is 23.1 Å². The van der Waals surface area contributed by atoms with Crippen molar-refractivity contribution >= 4 is 15.9 Å². The van der Waals surface area contributed by atoms with Gasteiger partial charge in [0.1, 0.15) is 0 Å². The Bertz CT molecular complexity index is 812. The first kappa shape index (κ1) is 18.9. The summed E-state index contributed by atoms with van der Waals surface area (Å²) in [6, 6.07) is 5.89. The second-order valence-electron chi connectivity index (χ2n) is 8.20. The van der Waals surface area contributed by atoms with Crippen LogP contribution in [0.25, 0.3) is 0 Å². The van der Waals surface area contributed by atoms with Crippen LogP contribution in [0, 0.1) is 0 Å². The fourth-order valence-corrected chi connectivity index (χ4v) is 5.70. The molecule has 0 bridgehead atoms. The molecule has 148 valence electrons. The predicted molar refractivity (Wildman–Crippen MR) is 103 cm³/mol. The lowest BCUT2D eigenvalue weighted by Crippen LogP contribution is -3.19. The van der Waals surface area contributed by atoms with Gasteiger partial charge in [0.05, 0.1) is 31.1 Å². The van der Waals surface area contributed by atoms with Gasteiger partial charge < -0.3 is 10.2 Å². The van der Waals surface area contributed by atoms with E-state index in [1.54, 1.807) is 10.4 Å². The van der Waals surface area contributed by atoms with Gasteiger partial charge in [0.15, 0.2) is 6.04 Å². The monoisotopic (exact) mass is 392 g/mol. The number of nitrogens with zero attached hydrogens (tertiary/aromatic N) is 1. The highest BCUT2D eigenvalue weighted by Gasteiger charge is 2.36. The van der Waals surface area contributed by atoms with Crippen molar-refractivity contribution < 1.29 is 18.1 Å². The summed E-state index contributed by atoms with van der Waals surface area (Å²) in [6.07, 6.45) is 6.53. The number of amides is 1. The summed E-state index contributed by atoms with van der Waals surface area (Å²) in [4.78, 5) is 13.9. The van der Waals surface area contributed by atoms with Gasteiger partial charge in [-0.3, -0.25) is 4.79 Å². The van der Waals surface area contributed by atoms with Crippen molar-refractivity contribution in [2.45, 2.75) is 62.4 Å². The second kappa shape index (κ2) is 7.53. The van der Waals surface area contributed by atoms with Crippen molar-refractivity contribution in [2.75, 3.05) is 26.2 Å². The van der Waals surface area contributed by atoms with Crippen molar-refractivity contribution in [2.24, 2.45) is 0 Å². The summed E-state index contributed by atoms with van der Waals surface area (Å²) in [7, 11) is -3.45. The van der Waals surface area contributed by atoms with Gasteiger partial charge in [-0.15, -0.1) is 0 Å². The van der Waals surface area contributed by atoms with E-state index in [1.165, 1.54) is 22.4 Å². The number of quaternary nitrogens is 1. The van der Waals surface area contributed by atoms with E-state index < -0.39 is 10.0 Å². The average Bonchev–Trinajstić information content (AvgIpc) is 3.51. The molecule has 4 rings (SSSR count). The Balaban J connectivity index is 1.40. The molecule has 2 aliphatic carbocycles. The van der Waals surface area contributed by atoms with Crippen LogP contribution in [0.1, 0.15) is 43.7 Å². The molecule has 27 heavy (non-hydrogen) atoms. The van der Waals surface area contributed by atoms with E-state index in [0.717, 1.165) is 32.1 Å². The van der Waals surface area contributed by atoms with Crippen molar-refractivity contribution in [3.8, 4) is 0 Å². The largest absolute Gasteiger partial charge is 0.348 e. The number of piperazine rings is 1. The highest BCUT2D eigenvalue weighted by Crippen LogP contribution is 2.25. The second-order valence-corrected chi connectivity index (χ2v) is 10.1. The molecule has 3 aliphatic rings. The van der Waals surface area contributed by atoms with Gasteiger partial charge in [-0.05, 0) is 68.7 Å². The standard InChI is InChI=1S/C20H29N3O3S/c1-15(20(24)21-18-7-8-18)22-10-12-23(13-11-22)27(25,26)19-9-6-16-4-2-3-5-17(16)14-19/h6,9,14-15,18H,2-5,7-8,10-13H2,1H3,(H,21,24)/p+1/t15-/m1/s1. The summed E-state index contributed by atoms with van der Waals surface area (Å²) >= 11 is 0. The molecule has 2 N–H and O–H groups in total. The third kappa shape index (κ3) is 4.05. The maximum absolute atomic E-state index is 13.1. The Morgan fingerprint density at radius 1 is 1.15 bits per heavy atom. The molecule has 6 nitrogen and oxygen atoms in total. The SMILES string of the molecule is C[C@H](C(=O)NC1CC1)[NH+]1CCN(S(=O)(=O)c2ccc3c(c2)CCCC3)CC1. The van der Waals surface area contributed by atoms with Crippen molar-refractivity contribution in [3.05, 3.63) is 29.3 Å². The van der Waals surface area contributed by atoms with Crippen LogP contribution in [0.2, 0.25) is 0 Å². The molecule has 7 heteroatoms. The minimum absolute atomic E-state index is 0.0958. The maximum atomic E-state index is 13.1. The van der Waals surface area contributed by atoms with Gasteiger partial charge in [0.25, 0.3) is 5.91 Å². The van der Waals surface area contributed by atoms with Crippen LogP contribution in [-0.2, 0) is 27.7 Å². The quantitative estimate of drug-likeness (QED) is 0.748. The molecule has 1 aliphatic heterocycles. The molecular weight excluding hydrogens is 362 g/mol. The number of fused-ring (bicyclic) bond motifs is 1. The molecular formula is C20H30N3O3S+. The fourth-order valence-electron chi connectivity index (χ4n) is 4.21. The van der Waals surface area contributed by atoms with E-state index in [4.69, 9.17) is 0 Å². The van der Waals surface area contributed by atoms with E-state index in [9.17, 15) is 13.2 Å². The van der Waals surface area contributed by atoms with Gasteiger partial charge in [-0.25, -0.2) is 8.42 Å². The molecule has 1 heterocycles.